The van der Waals surface area contributed by atoms with Crippen LogP contribution in [0.25, 0.3) is 0 Å². The third-order valence-electron chi connectivity index (χ3n) is 3.77. The van der Waals surface area contributed by atoms with Gasteiger partial charge in [0.1, 0.15) is 0 Å². The minimum atomic E-state index is 0.293. The SMILES string of the molecule is CCN1CCN(C(=O)C[C@@H](CN)CC(C)C)CC1. The van der Waals surface area contributed by atoms with E-state index < -0.39 is 0 Å². The maximum atomic E-state index is 12.2. The summed E-state index contributed by atoms with van der Waals surface area (Å²) in [6.07, 6.45) is 1.68. The lowest BCUT2D eigenvalue weighted by molar-refractivity contribution is -0.134. The van der Waals surface area contributed by atoms with Crippen molar-refractivity contribution in [3.8, 4) is 0 Å². The Morgan fingerprint density at radius 2 is 1.83 bits per heavy atom. The number of hydrogen-bond donors (Lipinski definition) is 1. The van der Waals surface area contributed by atoms with Gasteiger partial charge in [0.25, 0.3) is 0 Å². The fourth-order valence-electron chi connectivity index (χ4n) is 2.62. The van der Waals surface area contributed by atoms with E-state index in [2.05, 4.69) is 25.7 Å². The zero-order valence-corrected chi connectivity index (χ0v) is 12.2. The highest BCUT2D eigenvalue weighted by atomic mass is 16.2. The van der Waals surface area contributed by atoms with Crippen molar-refractivity contribution in [1.82, 2.24) is 9.80 Å². The number of carbonyl (C=O) groups excluding carboxylic acids is 1. The van der Waals surface area contributed by atoms with Crippen LogP contribution in [0, 0.1) is 11.8 Å². The molecule has 4 heteroatoms. The van der Waals surface area contributed by atoms with Crippen LogP contribution in [0.2, 0.25) is 0 Å². The fraction of sp³-hybridized carbons (Fsp3) is 0.929. The van der Waals surface area contributed by atoms with Crippen LogP contribution in [0.1, 0.15) is 33.6 Å². The molecule has 0 aromatic rings. The van der Waals surface area contributed by atoms with Crippen molar-refractivity contribution in [2.24, 2.45) is 17.6 Å². The summed E-state index contributed by atoms with van der Waals surface area (Å²) in [6.45, 7) is 12.0. The molecule has 1 aliphatic heterocycles. The fourth-order valence-corrected chi connectivity index (χ4v) is 2.62. The van der Waals surface area contributed by atoms with E-state index in [0.717, 1.165) is 39.1 Å². The highest BCUT2D eigenvalue weighted by molar-refractivity contribution is 5.76. The lowest BCUT2D eigenvalue weighted by Crippen LogP contribution is -2.49. The first-order chi connectivity index (χ1) is 8.56. The van der Waals surface area contributed by atoms with E-state index in [1.54, 1.807) is 0 Å². The molecular formula is C14H29N3O. The summed E-state index contributed by atoms with van der Waals surface area (Å²) in [5.74, 6) is 1.26. The number of likely N-dealkylation sites (N-methyl/N-ethyl adjacent to an activating group) is 1. The molecule has 0 aliphatic carbocycles. The Labute approximate surface area is 111 Å². The molecule has 2 N–H and O–H groups in total. The normalized spacial score (nSPS) is 19.3. The summed E-state index contributed by atoms with van der Waals surface area (Å²) in [7, 11) is 0. The standard InChI is InChI=1S/C14H29N3O/c1-4-16-5-7-17(8-6-16)14(18)10-13(11-15)9-12(2)3/h12-13H,4-11,15H2,1-3H3/t13-/m0/s1. The van der Waals surface area contributed by atoms with Gasteiger partial charge in [-0.15, -0.1) is 0 Å². The van der Waals surface area contributed by atoms with Gasteiger partial charge in [-0.3, -0.25) is 4.79 Å². The average molecular weight is 255 g/mol. The van der Waals surface area contributed by atoms with Crippen molar-refractivity contribution in [2.75, 3.05) is 39.3 Å². The Kier molecular flexibility index (Phi) is 6.65. The van der Waals surface area contributed by atoms with E-state index in [-0.39, 0.29) is 0 Å². The quantitative estimate of drug-likeness (QED) is 0.775. The Morgan fingerprint density at radius 1 is 1.22 bits per heavy atom. The smallest absolute Gasteiger partial charge is 0.222 e. The Morgan fingerprint density at radius 3 is 2.28 bits per heavy atom. The molecule has 1 saturated heterocycles. The molecule has 0 spiro atoms. The predicted octanol–water partition coefficient (Wildman–Crippen LogP) is 1.16. The molecular weight excluding hydrogens is 226 g/mol. The third-order valence-corrected chi connectivity index (χ3v) is 3.77. The summed E-state index contributed by atoms with van der Waals surface area (Å²) < 4.78 is 0. The second-order valence-electron chi connectivity index (χ2n) is 5.75. The van der Waals surface area contributed by atoms with Crippen LogP contribution in [0.3, 0.4) is 0 Å². The predicted molar refractivity (Wildman–Crippen MR) is 75.3 cm³/mol. The van der Waals surface area contributed by atoms with E-state index in [1.807, 2.05) is 4.90 Å². The summed E-state index contributed by atoms with van der Waals surface area (Å²) in [4.78, 5) is 16.6. The number of hydrogen-bond acceptors (Lipinski definition) is 3. The van der Waals surface area contributed by atoms with Crippen LogP contribution in [0.5, 0.6) is 0 Å². The van der Waals surface area contributed by atoms with E-state index in [4.69, 9.17) is 5.73 Å². The van der Waals surface area contributed by atoms with E-state index in [9.17, 15) is 4.79 Å². The summed E-state index contributed by atoms with van der Waals surface area (Å²) in [5.41, 5.74) is 5.76. The van der Waals surface area contributed by atoms with Gasteiger partial charge in [-0.1, -0.05) is 20.8 Å². The number of carbonyl (C=O) groups is 1. The van der Waals surface area contributed by atoms with Gasteiger partial charge in [-0.25, -0.2) is 0 Å². The molecule has 0 unspecified atom stereocenters. The van der Waals surface area contributed by atoms with E-state index in [1.165, 1.54) is 0 Å². The summed E-state index contributed by atoms with van der Waals surface area (Å²) in [6, 6.07) is 0. The molecule has 1 atom stereocenters. The van der Waals surface area contributed by atoms with Gasteiger partial charge in [0.05, 0.1) is 0 Å². The van der Waals surface area contributed by atoms with Gasteiger partial charge in [0.2, 0.25) is 5.91 Å². The Balaban J connectivity index is 2.35. The van der Waals surface area contributed by atoms with Crippen LogP contribution in [-0.4, -0.2) is 55.0 Å². The molecule has 0 radical (unpaired) electrons. The van der Waals surface area contributed by atoms with Crippen molar-refractivity contribution in [1.29, 1.82) is 0 Å². The number of nitrogens with two attached hydrogens (primary N) is 1. The third kappa shape index (κ3) is 4.94. The van der Waals surface area contributed by atoms with Gasteiger partial charge in [0.15, 0.2) is 0 Å². The van der Waals surface area contributed by atoms with Crippen LogP contribution < -0.4 is 5.73 Å². The van der Waals surface area contributed by atoms with Crippen LogP contribution in [0.4, 0.5) is 0 Å². The largest absolute Gasteiger partial charge is 0.340 e. The molecule has 0 aromatic carbocycles. The number of nitrogens with zero attached hydrogens (tertiary/aromatic N) is 2. The summed E-state index contributed by atoms with van der Waals surface area (Å²) >= 11 is 0. The van der Waals surface area contributed by atoms with Crippen molar-refractivity contribution < 1.29 is 4.79 Å². The molecule has 1 heterocycles. The van der Waals surface area contributed by atoms with Crippen molar-refractivity contribution in [3.63, 3.8) is 0 Å². The first-order valence-electron chi connectivity index (χ1n) is 7.27. The number of amides is 1. The van der Waals surface area contributed by atoms with Gasteiger partial charge < -0.3 is 15.5 Å². The first kappa shape index (κ1) is 15.4. The van der Waals surface area contributed by atoms with Gasteiger partial charge in [-0.2, -0.15) is 0 Å². The molecule has 0 aromatic heterocycles. The monoisotopic (exact) mass is 255 g/mol. The van der Waals surface area contributed by atoms with E-state index in [0.29, 0.717) is 30.7 Å². The molecule has 1 aliphatic rings. The topological polar surface area (TPSA) is 49.6 Å². The average Bonchev–Trinajstić information content (AvgIpc) is 2.37. The molecule has 0 saturated carbocycles. The Bertz CT molecular complexity index is 247. The number of rotatable bonds is 6. The van der Waals surface area contributed by atoms with Crippen LogP contribution >= 0.6 is 0 Å². The molecule has 1 rings (SSSR count). The van der Waals surface area contributed by atoms with Gasteiger partial charge in [0, 0.05) is 32.6 Å². The molecule has 106 valence electrons. The molecule has 1 fully saturated rings. The maximum absolute atomic E-state index is 12.2. The lowest BCUT2D eigenvalue weighted by Gasteiger charge is -2.34. The lowest BCUT2D eigenvalue weighted by atomic mass is 9.93. The summed E-state index contributed by atoms with van der Waals surface area (Å²) in [5, 5.41) is 0. The second-order valence-corrected chi connectivity index (χ2v) is 5.75. The first-order valence-corrected chi connectivity index (χ1v) is 7.27. The zero-order valence-electron chi connectivity index (χ0n) is 12.2. The second kappa shape index (κ2) is 7.74. The minimum absolute atomic E-state index is 0.293. The highest BCUT2D eigenvalue weighted by Gasteiger charge is 2.22. The van der Waals surface area contributed by atoms with Crippen molar-refractivity contribution in [3.05, 3.63) is 0 Å². The van der Waals surface area contributed by atoms with Crippen LogP contribution in [0.15, 0.2) is 0 Å². The molecule has 1 amide bonds. The van der Waals surface area contributed by atoms with Gasteiger partial charge in [-0.05, 0) is 31.3 Å². The van der Waals surface area contributed by atoms with Crippen molar-refractivity contribution in [2.45, 2.75) is 33.6 Å². The van der Waals surface area contributed by atoms with Crippen LogP contribution in [-0.2, 0) is 4.79 Å². The highest BCUT2D eigenvalue weighted by Crippen LogP contribution is 2.16. The zero-order chi connectivity index (χ0) is 13.5. The number of piperazine rings is 1. The minimum Gasteiger partial charge on any atom is -0.340 e. The molecule has 4 nitrogen and oxygen atoms in total. The van der Waals surface area contributed by atoms with Gasteiger partial charge >= 0.3 is 0 Å². The van der Waals surface area contributed by atoms with E-state index >= 15 is 0 Å². The molecule has 18 heavy (non-hydrogen) atoms. The molecule has 0 bridgehead atoms. The maximum Gasteiger partial charge on any atom is 0.222 e. The Hall–Kier alpha value is -0.610. The van der Waals surface area contributed by atoms with Crippen molar-refractivity contribution >= 4 is 5.91 Å².